The van der Waals surface area contributed by atoms with Crippen molar-refractivity contribution in [3.05, 3.63) is 35.4 Å². The van der Waals surface area contributed by atoms with Crippen LogP contribution in [0, 0.1) is 0 Å². The molecule has 0 saturated carbocycles. The Morgan fingerprint density at radius 1 is 1.39 bits per heavy atom. The average Bonchev–Trinajstić information content (AvgIpc) is 2.86. The average molecular weight is 267 g/mol. The van der Waals surface area contributed by atoms with E-state index in [1.54, 1.807) is 12.5 Å². The first-order valence-corrected chi connectivity index (χ1v) is 6.20. The maximum atomic E-state index is 6.02. The van der Waals surface area contributed by atoms with Gasteiger partial charge in [0.15, 0.2) is 0 Å². The van der Waals surface area contributed by atoms with Crippen LogP contribution in [-0.4, -0.2) is 23.1 Å². The van der Waals surface area contributed by atoms with Crippen molar-refractivity contribution in [3.8, 4) is 0 Å². The minimum Gasteiger partial charge on any atom is -0.469 e. The van der Waals surface area contributed by atoms with Crippen LogP contribution in [0.4, 0.5) is 11.8 Å². The van der Waals surface area contributed by atoms with E-state index in [0.717, 1.165) is 18.7 Å². The van der Waals surface area contributed by atoms with E-state index in [0.29, 0.717) is 23.3 Å². The first-order chi connectivity index (χ1) is 8.79. The lowest BCUT2D eigenvalue weighted by Crippen LogP contribution is -2.09. The standard InChI is InChI=1S/C12H15ClN4O/c1-2-14-12-16-8-10(13)11(17-12)15-6-5-9-4-3-7-18-9/h3-4,7-8H,2,5-6H2,1H3,(H2,14,15,16,17). The van der Waals surface area contributed by atoms with E-state index in [4.69, 9.17) is 16.0 Å². The second-order valence-corrected chi connectivity index (χ2v) is 4.08. The van der Waals surface area contributed by atoms with Gasteiger partial charge in [-0.3, -0.25) is 0 Å². The topological polar surface area (TPSA) is 63.0 Å². The Morgan fingerprint density at radius 2 is 2.28 bits per heavy atom. The fraction of sp³-hybridized carbons (Fsp3) is 0.333. The Morgan fingerprint density at radius 3 is 3.00 bits per heavy atom. The molecule has 96 valence electrons. The van der Waals surface area contributed by atoms with E-state index in [2.05, 4.69) is 20.6 Å². The lowest BCUT2D eigenvalue weighted by Gasteiger charge is -2.08. The minimum atomic E-state index is 0.510. The molecule has 0 aliphatic rings. The summed E-state index contributed by atoms with van der Waals surface area (Å²) in [6.45, 7) is 3.46. The van der Waals surface area contributed by atoms with Gasteiger partial charge in [0, 0.05) is 19.5 Å². The maximum Gasteiger partial charge on any atom is 0.224 e. The summed E-state index contributed by atoms with van der Waals surface area (Å²) >= 11 is 6.02. The van der Waals surface area contributed by atoms with Crippen molar-refractivity contribution < 1.29 is 4.42 Å². The number of aromatic nitrogens is 2. The molecule has 0 aliphatic heterocycles. The lowest BCUT2D eigenvalue weighted by molar-refractivity contribution is 0.513. The zero-order valence-corrected chi connectivity index (χ0v) is 10.9. The molecule has 5 nitrogen and oxygen atoms in total. The number of hydrogen-bond donors (Lipinski definition) is 2. The molecular weight excluding hydrogens is 252 g/mol. The second kappa shape index (κ2) is 6.26. The van der Waals surface area contributed by atoms with Crippen molar-refractivity contribution in [2.45, 2.75) is 13.3 Å². The van der Waals surface area contributed by atoms with Crippen LogP contribution >= 0.6 is 11.6 Å². The van der Waals surface area contributed by atoms with E-state index >= 15 is 0 Å². The summed E-state index contributed by atoms with van der Waals surface area (Å²) in [6, 6.07) is 3.81. The molecule has 0 bridgehead atoms. The Balaban J connectivity index is 1.93. The third-order valence-electron chi connectivity index (χ3n) is 2.32. The maximum absolute atomic E-state index is 6.02. The van der Waals surface area contributed by atoms with Gasteiger partial charge in [0.2, 0.25) is 5.95 Å². The SMILES string of the molecule is CCNc1ncc(Cl)c(NCCc2ccco2)n1. The second-order valence-electron chi connectivity index (χ2n) is 3.68. The fourth-order valence-corrected chi connectivity index (χ4v) is 1.65. The molecule has 0 unspecified atom stereocenters. The van der Waals surface area contributed by atoms with Crippen molar-refractivity contribution in [1.82, 2.24) is 9.97 Å². The van der Waals surface area contributed by atoms with Gasteiger partial charge < -0.3 is 15.1 Å². The third-order valence-corrected chi connectivity index (χ3v) is 2.60. The van der Waals surface area contributed by atoms with Gasteiger partial charge in [-0.15, -0.1) is 0 Å². The van der Waals surface area contributed by atoms with Crippen molar-refractivity contribution in [1.29, 1.82) is 0 Å². The van der Waals surface area contributed by atoms with E-state index < -0.39 is 0 Å². The van der Waals surface area contributed by atoms with Gasteiger partial charge in [-0.1, -0.05) is 11.6 Å². The van der Waals surface area contributed by atoms with Gasteiger partial charge in [0.05, 0.1) is 12.5 Å². The summed E-state index contributed by atoms with van der Waals surface area (Å²) in [6.07, 6.45) is 4.03. The number of rotatable bonds is 6. The van der Waals surface area contributed by atoms with Gasteiger partial charge in [0.1, 0.15) is 16.6 Å². The van der Waals surface area contributed by atoms with E-state index in [-0.39, 0.29) is 0 Å². The van der Waals surface area contributed by atoms with Crippen LogP contribution in [-0.2, 0) is 6.42 Å². The molecule has 0 atom stereocenters. The van der Waals surface area contributed by atoms with Crippen LogP contribution in [0.1, 0.15) is 12.7 Å². The summed E-state index contributed by atoms with van der Waals surface area (Å²) < 4.78 is 5.25. The zero-order chi connectivity index (χ0) is 12.8. The highest BCUT2D eigenvalue weighted by molar-refractivity contribution is 6.32. The molecule has 2 rings (SSSR count). The highest BCUT2D eigenvalue weighted by Crippen LogP contribution is 2.19. The molecule has 2 aromatic heterocycles. The Bertz CT molecular complexity index is 487. The van der Waals surface area contributed by atoms with E-state index in [1.165, 1.54) is 0 Å². The molecule has 2 heterocycles. The summed E-state index contributed by atoms with van der Waals surface area (Å²) in [5, 5.41) is 6.72. The molecule has 0 aromatic carbocycles. The summed E-state index contributed by atoms with van der Waals surface area (Å²) in [5.74, 6) is 2.14. The molecule has 2 aromatic rings. The molecule has 0 fully saturated rings. The molecule has 18 heavy (non-hydrogen) atoms. The van der Waals surface area contributed by atoms with Crippen LogP contribution < -0.4 is 10.6 Å². The first-order valence-electron chi connectivity index (χ1n) is 5.82. The highest BCUT2D eigenvalue weighted by atomic mass is 35.5. The Labute approximate surface area is 111 Å². The Kier molecular flexibility index (Phi) is 4.41. The predicted molar refractivity (Wildman–Crippen MR) is 72.1 cm³/mol. The normalized spacial score (nSPS) is 10.3. The molecule has 0 saturated heterocycles. The molecular formula is C12H15ClN4O. The largest absolute Gasteiger partial charge is 0.469 e. The van der Waals surface area contributed by atoms with E-state index in [1.807, 2.05) is 19.1 Å². The molecule has 0 spiro atoms. The number of furan rings is 1. The highest BCUT2D eigenvalue weighted by Gasteiger charge is 2.04. The van der Waals surface area contributed by atoms with E-state index in [9.17, 15) is 0 Å². The van der Waals surface area contributed by atoms with Crippen molar-refractivity contribution in [2.24, 2.45) is 0 Å². The monoisotopic (exact) mass is 266 g/mol. The number of nitrogens with zero attached hydrogens (tertiary/aromatic N) is 2. The van der Waals surface area contributed by atoms with Gasteiger partial charge in [-0.05, 0) is 19.1 Å². The molecule has 0 radical (unpaired) electrons. The zero-order valence-electron chi connectivity index (χ0n) is 10.1. The minimum absolute atomic E-state index is 0.510. The van der Waals surface area contributed by atoms with Gasteiger partial charge in [-0.25, -0.2) is 4.98 Å². The quantitative estimate of drug-likeness (QED) is 0.842. The van der Waals surface area contributed by atoms with Crippen molar-refractivity contribution in [2.75, 3.05) is 23.7 Å². The molecule has 0 aliphatic carbocycles. The predicted octanol–water partition coefficient (Wildman–Crippen LogP) is 2.81. The van der Waals surface area contributed by atoms with Crippen molar-refractivity contribution >= 4 is 23.4 Å². The number of nitrogens with one attached hydrogen (secondary N) is 2. The molecule has 6 heteroatoms. The van der Waals surface area contributed by atoms with Crippen LogP contribution in [0.15, 0.2) is 29.0 Å². The van der Waals surface area contributed by atoms with Crippen molar-refractivity contribution in [3.63, 3.8) is 0 Å². The smallest absolute Gasteiger partial charge is 0.224 e. The van der Waals surface area contributed by atoms with Crippen LogP contribution in [0.3, 0.4) is 0 Å². The van der Waals surface area contributed by atoms with Gasteiger partial charge in [0.25, 0.3) is 0 Å². The molecule has 2 N–H and O–H groups in total. The van der Waals surface area contributed by atoms with Gasteiger partial charge in [-0.2, -0.15) is 4.98 Å². The lowest BCUT2D eigenvalue weighted by atomic mass is 10.3. The summed E-state index contributed by atoms with van der Waals surface area (Å²) in [4.78, 5) is 8.36. The number of halogens is 1. The number of anilines is 2. The van der Waals surface area contributed by atoms with Crippen LogP contribution in [0.2, 0.25) is 5.02 Å². The Hall–Kier alpha value is -1.75. The summed E-state index contributed by atoms with van der Waals surface area (Å²) in [7, 11) is 0. The molecule has 0 amide bonds. The first kappa shape index (κ1) is 12.7. The van der Waals surface area contributed by atoms with Crippen LogP contribution in [0.25, 0.3) is 0 Å². The third kappa shape index (κ3) is 3.37. The van der Waals surface area contributed by atoms with Crippen LogP contribution in [0.5, 0.6) is 0 Å². The van der Waals surface area contributed by atoms with Gasteiger partial charge >= 0.3 is 0 Å². The fourth-order valence-electron chi connectivity index (χ4n) is 1.49. The number of hydrogen-bond acceptors (Lipinski definition) is 5. The summed E-state index contributed by atoms with van der Waals surface area (Å²) in [5.41, 5.74) is 0.